The number of nitro groups is 1. The fourth-order valence-corrected chi connectivity index (χ4v) is 3.83. The smallest absolute Gasteiger partial charge is 0.269 e. The number of ether oxygens (including phenoxy) is 1. The second-order valence-corrected chi connectivity index (χ2v) is 8.14. The monoisotopic (exact) mass is 456 g/mol. The maximum atomic E-state index is 12.7. The topological polar surface area (TPSA) is 94.6 Å². The first-order valence-corrected chi connectivity index (χ1v) is 10.7. The Bertz CT molecular complexity index is 1430. The third-order valence-electron chi connectivity index (χ3n) is 5.71. The maximum Gasteiger partial charge on any atom is 0.269 e. The molecule has 7 nitrogen and oxygen atoms in total. The number of carbonyl (C=O) groups excluding carboxylic acids is 1. The molecule has 34 heavy (non-hydrogen) atoms. The average Bonchev–Trinajstić information content (AvgIpc) is 3.22. The average molecular weight is 456 g/mol. The quantitative estimate of drug-likeness (QED) is 0.198. The summed E-state index contributed by atoms with van der Waals surface area (Å²) in [5.74, 6) is 0.243. The van der Waals surface area contributed by atoms with Gasteiger partial charge in [-0.15, -0.1) is 0 Å². The number of aryl methyl sites for hydroxylation is 2. The Morgan fingerprint density at radius 3 is 2.47 bits per heavy atom. The van der Waals surface area contributed by atoms with Crippen LogP contribution in [0, 0.1) is 24.0 Å². The summed E-state index contributed by atoms with van der Waals surface area (Å²) in [5, 5.41) is 14.7. The number of non-ortho nitro benzene ring substituents is 1. The molecule has 3 aromatic carbocycles. The van der Waals surface area contributed by atoms with E-state index in [1.807, 2.05) is 50.2 Å². The lowest BCUT2D eigenvalue weighted by Gasteiger charge is -2.11. The highest BCUT2D eigenvalue weighted by Gasteiger charge is 2.15. The van der Waals surface area contributed by atoms with Gasteiger partial charge in [-0.3, -0.25) is 14.9 Å². The van der Waals surface area contributed by atoms with Gasteiger partial charge in [-0.25, -0.2) is 0 Å². The molecule has 7 heteroatoms. The van der Waals surface area contributed by atoms with Crippen LogP contribution in [0.5, 0.6) is 5.75 Å². The minimum atomic E-state index is -0.466. The number of nitrogens with one attached hydrogen (secondary N) is 1. The van der Waals surface area contributed by atoms with E-state index in [1.54, 1.807) is 20.3 Å². The highest BCUT2D eigenvalue weighted by Crippen LogP contribution is 2.37. The van der Waals surface area contributed by atoms with Crippen LogP contribution in [-0.2, 0) is 4.79 Å². The van der Waals surface area contributed by atoms with Crippen molar-refractivity contribution in [3.05, 3.63) is 93.7 Å². The zero-order valence-corrected chi connectivity index (χ0v) is 19.3. The van der Waals surface area contributed by atoms with Gasteiger partial charge in [0.2, 0.25) is 5.91 Å². The van der Waals surface area contributed by atoms with Crippen LogP contribution in [0.1, 0.15) is 23.6 Å². The number of rotatable bonds is 6. The highest BCUT2D eigenvalue weighted by molar-refractivity contribution is 6.05. The molecule has 1 heterocycles. The van der Waals surface area contributed by atoms with E-state index in [0.717, 1.165) is 22.1 Å². The Labute approximate surface area is 196 Å². The van der Waals surface area contributed by atoms with Crippen molar-refractivity contribution in [2.45, 2.75) is 20.8 Å². The normalized spacial score (nSPS) is 11.5. The summed E-state index contributed by atoms with van der Waals surface area (Å²) in [5.41, 5.74) is 6.41. The molecule has 0 saturated carbocycles. The molecule has 0 unspecified atom stereocenters. The molecule has 0 fully saturated rings. The molecule has 1 aromatic heterocycles. The second kappa shape index (κ2) is 9.23. The van der Waals surface area contributed by atoms with Gasteiger partial charge in [0.1, 0.15) is 11.3 Å². The summed E-state index contributed by atoms with van der Waals surface area (Å²) in [6.45, 7) is 5.58. The Morgan fingerprint density at radius 2 is 1.82 bits per heavy atom. The van der Waals surface area contributed by atoms with E-state index in [2.05, 4.69) is 5.32 Å². The molecule has 0 aliphatic heterocycles. The summed E-state index contributed by atoms with van der Waals surface area (Å²) in [6.07, 6.45) is 3.21. The summed E-state index contributed by atoms with van der Waals surface area (Å²) < 4.78 is 11.3. The number of nitro benzene ring substituents is 1. The first-order valence-electron chi connectivity index (χ1n) is 10.7. The lowest BCUT2D eigenvalue weighted by Crippen LogP contribution is -2.10. The first kappa shape index (κ1) is 22.8. The fourth-order valence-electron chi connectivity index (χ4n) is 3.83. The van der Waals surface area contributed by atoms with Crippen molar-refractivity contribution in [1.82, 2.24) is 0 Å². The Balaban J connectivity index is 1.67. The van der Waals surface area contributed by atoms with E-state index in [9.17, 15) is 14.9 Å². The Hall–Kier alpha value is -4.39. The zero-order valence-electron chi connectivity index (χ0n) is 19.3. The molecule has 1 amide bonds. The summed E-state index contributed by atoms with van der Waals surface area (Å²) in [7, 11) is 1.57. The van der Waals surface area contributed by atoms with Gasteiger partial charge in [-0.2, -0.15) is 0 Å². The molecule has 0 spiro atoms. The maximum absolute atomic E-state index is 12.7. The van der Waals surface area contributed by atoms with E-state index < -0.39 is 4.92 Å². The summed E-state index contributed by atoms with van der Waals surface area (Å²) >= 11 is 0. The van der Waals surface area contributed by atoms with Crippen LogP contribution < -0.4 is 10.1 Å². The standard InChI is InChI=1S/C27H24N2O5/c1-16-5-7-19(8-6-16)23-15-34-26-14-25(33-4)21(13-22(23)26)17(2)12-27(30)28-24-10-9-20(29(31)32)11-18(24)3/h5-15H,1-4H3,(H,28,30)/b17-12+. The van der Waals surface area contributed by atoms with Gasteiger partial charge in [0.15, 0.2) is 0 Å². The third-order valence-corrected chi connectivity index (χ3v) is 5.71. The largest absolute Gasteiger partial charge is 0.496 e. The predicted molar refractivity (Wildman–Crippen MR) is 133 cm³/mol. The van der Waals surface area contributed by atoms with Gasteiger partial charge < -0.3 is 14.5 Å². The number of furan rings is 1. The van der Waals surface area contributed by atoms with Crippen LogP contribution in [0.2, 0.25) is 0 Å². The van der Waals surface area contributed by atoms with Crippen molar-refractivity contribution in [2.24, 2.45) is 0 Å². The van der Waals surface area contributed by atoms with Crippen LogP contribution >= 0.6 is 0 Å². The number of nitrogens with zero attached hydrogens (tertiary/aromatic N) is 1. The van der Waals surface area contributed by atoms with Gasteiger partial charge in [0.25, 0.3) is 5.69 Å². The number of anilines is 1. The minimum Gasteiger partial charge on any atom is -0.496 e. The van der Waals surface area contributed by atoms with E-state index in [0.29, 0.717) is 28.2 Å². The lowest BCUT2D eigenvalue weighted by atomic mass is 9.99. The molecule has 4 rings (SSSR count). The molecule has 0 aliphatic carbocycles. The molecule has 4 aromatic rings. The molecule has 0 atom stereocenters. The molecule has 0 saturated heterocycles. The molecule has 0 aliphatic rings. The van der Waals surface area contributed by atoms with E-state index in [1.165, 1.54) is 29.8 Å². The Morgan fingerprint density at radius 1 is 1.09 bits per heavy atom. The number of allylic oxidation sites excluding steroid dienone is 1. The van der Waals surface area contributed by atoms with E-state index in [-0.39, 0.29) is 11.6 Å². The van der Waals surface area contributed by atoms with Crippen LogP contribution in [0.3, 0.4) is 0 Å². The van der Waals surface area contributed by atoms with Crippen molar-refractivity contribution in [1.29, 1.82) is 0 Å². The van der Waals surface area contributed by atoms with Gasteiger partial charge in [-0.1, -0.05) is 29.8 Å². The number of fused-ring (bicyclic) bond motifs is 1. The number of methoxy groups -OCH3 is 1. The number of amides is 1. The molecule has 0 bridgehead atoms. The number of hydrogen-bond donors (Lipinski definition) is 1. The third kappa shape index (κ3) is 4.54. The highest BCUT2D eigenvalue weighted by atomic mass is 16.6. The number of carbonyl (C=O) groups is 1. The molecular formula is C27H24N2O5. The van der Waals surface area contributed by atoms with Crippen LogP contribution in [0.4, 0.5) is 11.4 Å². The fraction of sp³-hybridized carbons (Fsp3) is 0.148. The number of benzene rings is 3. The van der Waals surface area contributed by atoms with Crippen molar-refractivity contribution < 1.29 is 18.9 Å². The van der Waals surface area contributed by atoms with Crippen LogP contribution in [0.15, 0.2) is 71.4 Å². The SMILES string of the molecule is COc1cc2occ(-c3ccc(C)cc3)c2cc1/C(C)=C/C(=O)Nc1ccc([N+](=O)[O-])cc1C. The molecule has 0 radical (unpaired) electrons. The van der Waals surface area contributed by atoms with Gasteiger partial charge >= 0.3 is 0 Å². The lowest BCUT2D eigenvalue weighted by molar-refractivity contribution is -0.384. The zero-order chi connectivity index (χ0) is 24.4. The predicted octanol–water partition coefficient (Wildman–Crippen LogP) is 6.68. The minimum absolute atomic E-state index is 0.0234. The number of hydrogen-bond acceptors (Lipinski definition) is 5. The summed E-state index contributed by atoms with van der Waals surface area (Å²) in [4.78, 5) is 23.2. The molecular weight excluding hydrogens is 432 g/mol. The molecule has 172 valence electrons. The van der Waals surface area contributed by atoms with Crippen molar-refractivity contribution in [2.75, 3.05) is 12.4 Å². The first-order chi connectivity index (χ1) is 16.3. The van der Waals surface area contributed by atoms with E-state index in [4.69, 9.17) is 9.15 Å². The van der Waals surface area contributed by atoms with Crippen LogP contribution in [0.25, 0.3) is 27.7 Å². The van der Waals surface area contributed by atoms with Gasteiger partial charge in [-0.05, 0) is 49.6 Å². The van der Waals surface area contributed by atoms with Crippen molar-refractivity contribution in [3.63, 3.8) is 0 Å². The summed E-state index contributed by atoms with van der Waals surface area (Å²) in [6, 6.07) is 16.3. The van der Waals surface area contributed by atoms with Crippen molar-refractivity contribution >= 4 is 33.8 Å². The van der Waals surface area contributed by atoms with Crippen molar-refractivity contribution in [3.8, 4) is 16.9 Å². The molecule has 1 N–H and O–H groups in total. The van der Waals surface area contributed by atoms with E-state index >= 15 is 0 Å². The Kier molecular flexibility index (Phi) is 6.19. The van der Waals surface area contributed by atoms with Crippen LogP contribution in [-0.4, -0.2) is 17.9 Å². The van der Waals surface area contributed by atoms with Gasteiger partial charge in [0, 0.05) is 46.5 Å². The van der Waals surface area contributed by atoms with Gasteiger partial charge in [0.05, 0.1) is 18.3 Å². The second-order valence-electron chi connectivity index (χ2n) is 8.14.